The summed E-state index contributed by atoms with van der Waals surface area (Å²) in [7, 11) is 1.25. The molecule has 0 spiro atoms. The summed E-state index contributed by atoms with van der Waals surface area (Å²) in [6.45, 7) is 0. The number of methoxy groups -OCH3 is 1. The highest BCUT2D eigenvalue weighted by molar-refractivity contribution is 7.10. The Morgan fingerprint density at radius 2 is 1.81 bits per heavy atom. The lowest BCUT2D eigenvalue weighted by Gasteiger charge is -2.09. The quantitative estimate of drug-likeness (QED) is 0.590. The first-order valence-electron chi connectivity index (χ1n) is 6.95. The van der Waals surface area contributed by atoms with E-state index in [9.17, 15) is 26.3 Å². The van der Waals surface area contributed by atoms with Gasteiger partial charge in [-0.1, -0.05) is 0 Å². The van der Waals surface area contributed by atoms with E-state index in [4.69, 9.17) is 9.47 Å². The Bertz CT molecular complexity index is 950. The van der Waals surface area contributed by atoms with E-state index >= 15 is 0 Å². The number of hydrogen-bond donors (Lipinski definition) is 0. The van der Waals surface area contributed by atoms with Crippen LogP contribution in [0.4, 0.5) is 26.3 Å². The van der Waals surface area contributed by atoms with Gasteiger partial charge in [-0.3, -0.25) is 0 Å². The molecule has 0 aromatic carbocycles. The monoisotopic (exact) mass is 410 g/mol. The SMILES string of the molecule is COc1cnc(-n2cc(C(F)(F)F)cn2)nc1Oc1csc(C(F)(F)F)c1. The third-order valence-electron chi connectivity index (χ3n) is 3.11. The second-order valence-electron chi connectivity index (χ2n) is 4.96. The van der Waals surface area contributed by atoms with Gasteiger partial charge >= 0.3 is 12.4 Å². The molecule has 6 nitrogen and oxygen atoms in total. The topological polar surface area (TPSA) is 62.1 Å². The van der Waals surface area contributed by atoms with Crippen LogP contribution in [0.3, 0.4) is 0 Å². The van der Waals surface area contributed by atoms with Gasteiger partial charge in [-0.2, -0.15) is 36.4 Å². The normalized spacial score (nSPS) is 12.3. The summed E-state index contributed by atoms with van der Waals surface area (Å²) in [5.41, 5.74) is -1.02. The molecule has 0 aliphatic carbocycles. The van der Waals surface area contributed by atoms with Gasteiger partial charge in [0.2, 0.25) is 0 Å². The fourth-order valence-electron chi connectivity index (χ4n) is 1.88. The van der Waals surface area contributed by atoms with Crippen molar-refractivity contribution >= 4 is 11.3 Å². The number of halogens is 6. The maximum atomic E-state index is 12.7. The van der Waals surface area contributed by atoms with Gasteiger partial charge in [0.05, 0.1) is 25.1 Å². The summed E-state index contributed by atoms with van der Waals surface area (Å²) in [6.07, 6.45) is -6.78. The fraction of sp³-hybridized carbons (Fsp3) is 0.214. The standard InChI is InChI=1S/C14H8F6N4O2S/c1-25-9-4-21-12(24-5-7(3-22-24)13(15,16)17)23-11(9)26-8-2-10(27-6-8)14(18,19)20/h2-6H,1H3. The zero-order valence-electron chi connectivity index (χ0n) is 13.2. The highest BCUT2D eigenvalue weighted by atomic mass is 32.1. The highest BCUT2D eigenvalue weighted by Gasteiger charge is 2.33. The first-order chi connectivity index (χ1) is 12.6. The maximum absolute atomic E-state index is 12.7. The molecule has 13 heteroatoms. The highest BCUT2D eigenvalue weighted by Crippen LogP contribution is 2.39. The Morgan fingerprint density at radius 1 is 1.07 bits per heavy atom. The molecule has 0 aliphatic rings. The smallest absolute Gasteiger partial charge is 0.425 e. The molecule has 3 aromatic rings. The molecule has 3 aromatic heterocycles. The fourth-order valence-corrected chi connectivity index (χ4v) is 2.56. The number of ether oxygens (including phenoxy) is 2. The Morgan fingerprint density at radius 3 is 2.37 bits per heavy atom. The van der Waals surface area contributed by atoms with Crippen molar-refractivity contribution in [3.63, 3.8) is 0 Å². The molecule has 0 saturated heterocycles. The van der Waals surface area contributed by atoms with Gasteiger partial charge in [0, 0.05) is 17.6 Å². The lowest BCUT2D eigenvalue weighted by Crippen LogP contribution is -2.05. The van der Waals surface area contributed by atoms with Crippen LogP contribution in [-0.2, 0) is 12.4 Å². The van der Waals surface area contributed by atoms with Crippen LogP contribution >= 0.6 is 11.3 Å². The van der Waals surface area contributed by atoms with Crippen molar-refractivity contribution in [2.75, 3.05) is 7.11 Å². The number of thiophene rings is 1. The number of rotatable bonds is 4. The van der Waals surface area contributed by atoms with E-state index < -0.39 is 22.8 Å². The molecule has 0 unspecified atom stereocenters. The molecule has 0 fully saturated rings. The first-order valence-corrected chi connectivity index (χ1v) is 7.83. The van der Waals surface area contributed by atoms with Gasteiger partial charge < -0.3 is 9.47 Å². The molecule has 0 amide bonds. The van der Waals surface area contributed by atoms with Crippen LogP contribution in [0.25, 0.3) is 5.95 Å². The lowest BCUT2D eigenvalue weighted by molar-refractivity contribution is -0.137. The largest absolute Gasteiger partial charge is 0.490 e. The molecule has 0 bridgehead atoms. The summed E-state index contributed by atoms with van der Waals surface area (Å²) in [5.74, 6) is -0.751. The minimum Gasteiger partial charge on any atom is -0.490 e. The lowest BCUT2D eigenvalue weighted by atomic mass is 10.4. The second-order valence-corrected chi connectivity index (χ2v) is 5.87. The Balaban J connectivity index is 1.92. The first kappa shape index (κ1) is 18.9. The average molecular weight is 410 g/mol. The molecular formula is C14H8F6N4O2S. The van der Waals surface area contributed by atoms with Crippen molar-refractivity contribution < 1.29 is 35.8 Å². The molecule has 0 atom stereocenters. The maximum Gasteiger partial charge on any atom is 0.425 e. The molecule has 27 heavy (non-hydrogen) atoms. The van der Waals surface area contributed by atoms with Crippen LogP contribution in [-0.4, -0.2) is 26.9 Å². The van der Waals surface area contributed by atoms with Crippen LogP contribution in [0.2, 0.25) is 0 Å². The summed E-state index contributed by atoms with van der Waals surface area (Å²) in [5, 5.41) is 4.63. The van der Waals surface area contributed by atoms with Crippen LogP contribution in [0.15, 0.2) is 30.0 Å². The minimum absolute atomic E-state index is 0.0262. The molecule has 0 N–H and O–H groups in total. The number of hydrogen-bond acceptors (Lipinski definition) is 6. The Hall–Kier alpha value is -2.83. The van der Waals surface area contributed by atoms with Gasteiger partial charge in [0.25, 0.3) is 11.8 Å². The van der Waals surface area contributed by atoms with Gasteiger partial charge in [-0.15, -0.1) is 11.3 Å². The third-order valence-corrected chi connectivity index (χ3v) is 4.07. The van der Waals surface area contributed by atoms with Gasteiger partial charge in [0.1, 0.15) is 10.6 Å². The molecule has 3 heterocycles. The van der Waals surface area contributed by atoms with Crippen LogP contribution in [0.5, 0.6) is 17.4 Å². The van der Waals surface area contributed by atoms with Crippen molar-refractivity contribution in [3.8, 4) is 23.3 Å². The minimum atomic E-state index is -4.60. The number of alkyl halides is 6. The predicted molar refractivity (Wildman–Crippen MR) is 80.1 cm³/mol. The summed E-state index contributed by atoms with van der Waals surface area (Å²) < 4.78 is 87.0. The molecular weight excluding hydrogens is 402 g/mol. The molecule has 0 radical (unpaired) electrons. The third kappa shape index (κ3) is 4.13. The van der Waals surface area contributed by atoms with E-state index in [1.165, 1.54) is 7.11 Å². The van der Waals surface area contributed by atoms with E-state index in [2.05, 4.69) is 15.1 Å². The second kappa shape index (κ2) is 6.72. The van der Waals surface area contributed by atoms with Gasteiger partial charge in [-0.05, 0) is 0 Å². The molecule has 144 valence electrons. The van der Waals surface area contributed by atoms with Crippen LogP contribution in [0, 0.1) is 0 Å². The van der Waals surface area contributed by atoms with Crippen molar-refractivity contribution in [1.82, 2.24) is 19.7 Å². The van der Waals surface area contributed by atoms with Gasteiger partial charge in [-0.25, -0.2) is 9.67 Å². The Labute approximate surface area is 151 Å². The van der Waals surface area contributed by atoms with Crippen molar-refractivity contribution in [2.24, 2.45) is 0 Å². The summed E-state index contributed by atoms with van der Waals surface area (Å²) in [6, 6.07) is 0.765. The Kier molecular flexibility index (Phi) is 4.71. The molecule has 3 rings (SSSR count). The van der Waals surface area contributed by atoms with E-state index in [-0.39, 0.29) is 23.3 Å². The van der Waals surface area contributed by atoms with E-state index in [1.54, 1.807) is 0 Å². The van der Waals surface area contributed by atoms with Crippen molar-refractivity contribution in [3.05, 3.63) is 40.5 Å². The van der Waals surface area contributed by atoms with Gasteiger partial charge in [0.15, 0.2) is 5.75 Å². The van der Waals surface area contributed by atoms with Crippen LogP contribution in [0.1, 0.15) is 10.4 Å². The predicted octanol–water partition coefficient (Wildman–Crippen LogP) is 4.56. The van der Waals surface area contributed by atoms with E-state index in [1.807, 2.05) is 0 Å². The molecule has 0 aliphatic heterocycles. The summed E-state index contributed by atoms with van der Waals surface area (Å²) in [4.78, 5) is 6.79. The zero-order valence-corrected chi connectivity index (χ0v) is 14.0. The van der Waals surface area contributed by atoms with E-state index in [0.717, 1.165) is 22.3 Å². The number of aromatic nitrogens is 4. The van der Waals surface area contributed by atoms with Crippen molar-refractivity contribution in [2.45, 2.75) is 12.4 Å². The van der Waals surface area contributed by atoms with Crippen molar-refractivity contribution in [1.29, 1.82) is 0 Å². The average Bonchev–Trinajstić information content (AvgIpc) is 3.23. The van der Waals surface area contributed by atoms with E-state index in [0.29, 0.717) is 23.7 Å². The molecule has 0 saturated carbocycles. The zero-order chi connectivity index (χ0) is 19.8. The van der Waals surface area contributed by atoms with Crippen LogP contribution < -0.4 is 9.47 Å². The number of nitrogens with zero attached hydrogens (tertiary/aromatic N) is 4. The summed E-state index contributed by atoms with van der Waals surface area (Å²) >= 11 is 0.419.